The number of nitrogens with one attached hydrogen (secondary N) is 1. The van der Waals surface area contributed by atoms with E-state index < -0.39 is 11.6 Å². The lowest BCUT2D eigenvalue weighted by Gasteiger charge is -2.36. The van der Waals surface area contributed by atoms with Gasteiger partial charge in [0.1, 0.15) is 5.76 Å². The molecule has 0 spiro atoms. The van der Waals surface area contributed by atoms with Crippen molar-refractivity contribution in [1.29, 1.82) is 0 Å². The third kappa shape index (κ3) is 6.74. The zero-order valence-corrected chi connectivity index (χ0v) is 22.0. The Morgan fingerprint density at radius 3 is 2.00 bits per heavy atom. The van der Waals surface area contributed by atoms with E-state index in [1.165, 1.54) is 38.5 Å². The zero-order chi connectivity index (χ0) is 25.2. The second kappa shape index (κ2) is 13.8. The molecule has 1 aliphatic heterocycles. The van der Waals surface area contributed by atoms with Gasteiger partial charge < -0.3 is 10.4 Å². The van der Waals surface area contributed by atoms with Crippen LogP contribution in [0.4, 0.5) is 0 Å². The Balaban J connectivity index is 1.70. The first-order valence-corrected chi connectivity index (χ1v) is 14.3. The summed E-state index contributed by atoms with van der Waals surface area (Å²) in [5, 5.41) is 14.4. The topological polar surface area (TPSA) is 83.5 Å². The number of rotatable bonds is 15. The lowest BCUT2D eigenvalue weighted by molar-refractivity contribution is -0.133. The molecule has 0 saturated carbocycles. The Labute approximate surface area is 211 Å². The van der Waals surface area contributed by atoms with Crippen LogP contribution in [0, 0.1) is 5.92 Å². The van der Waals surface area contributed by atoms with Crippen LogP contribution in [0.15, 0.2) is 33.9 Å². The van der Waals surface area contributed by atoms with Crippen molar-refractivity contribution < 1.29 is 19.5 Å². The number of dihydropyridines is 1. The average Bonchev–Trinajstić information content (AvgIpc) is 2.85. The molecule has 0 radical (unpaired) electrons. The Kier molecular flexibility index (Phi) is 10.8. The molecule has 3 rings (SSSR count). The number of carbonyl (C=O) groups excluding carboxylic acids is 3. The van der Waals surface area contributed by atoms with E-state index >= 15 is 0 Å². The van der Waals surface area contributed by atoms with Crippen LogP contribution in [0.25, 0.3) is 0 Å². The van der Waals surface area contributed by atoms with Gasteiger partial charge >= 0.3 is 0 Å². The highest BCUT2D eigenvalue weighted by Crippen LogP contribution is 2.43. The van der Waals surface area contributed by atoms with E-state index in [2.05, 4.69) is 19.2 Å². The maximum atomic E-state index is 13.3. The number of carbonyl (C=O) groups is 3. The molecule has 0 amide bonds. The molecular formula is C30H45NO4. The number of aliphatic hydroxyl groups excluding tert-OH is 1. The van der Waals surface area contributed by atoms with Crippen molar-refractivity contribution in [3.8, 4) is 0 Å². The molecule has 1 atom stereocenters. The molecule has 2 N–H and O–H groups in total. The number of unbranched alkanes of at least 4 members (excludes halogenated alkanes) is 11. The van der Waals surface area contributed by atoms with Gasteiger partial charge in [-0.3, -0.25) is 14.4 Å². The molecule has 0 saturated heterocycles. The first-order valence-electron chi connectivity index (χ1n) is 14.3. The molecule has 1 unspecified atom stereocenters. The summed E-state index contributed by atoms with van der Waals surface area (Å²) in [6.07, 6.45) is 17.8. The van der Waals surface area contributed by atoms with Gasteiger partial charge in [-0.1, -0.05) is 90.9 Å². The summed E-state index contributed by atoms with van der Waals surface area (Å²) >= 11 is 0. The first-order chi connectivity index (χ1) is 17.0. The third-order valence-corrected chi connectivity index (χ3v) is 7.82. The fourth-order valence-electron chi connectivity index (χ4n) is 5.82. The van der Waals surface area contributed by atoms with Gasteiger partial charge in [0, 0.05) is 34.8 Å². The molecular weight excluding hydrogens is 438 g/mol. The second-order valence-electron chi connectivity index (χ2n) is 10.5. The molecule has 0 aromatic heterocycles. The Bertz CT molecular complexity index is 892. The van der Waals surface area contributed by atoms with E-state index in [0.717, 1.165) is 63.5 Å². The predicted octanol–water partition coefficient (Wildman–Crippen LogP) is 7.32. The minimum Gasteiger partial charge on any atom is -0.505 e. The summed E-state index contributed by atoms with van der Waals surface area (Å²) in [4.78, 5) is 39.3. The van der Waals surface area contributed by atoms with Crippen LogP contribution in [0.2, 0.25) is 0 Å². The van der Waals surface area contributed by atoms with Crippen LogP contribution in [0.1, 0.15) is 129 Å². The van der Waals surface area contributed by atoms with Crippen molar-refractivity contribution >= 4 is 17.3 Å². The SMILES string of the molecule is CCCCCCCCCCCC1=C(O)C2=C(C(=O)C1=O)C(CCCCCC)C1=C(CCCC1=O)N2. The minimum absolute atomic E-state index is 0.0627. The van der Waals surface area contributed by atoms with E-state index in [1.54, 1.807) is 0 Å². The van der Waals surface area contributed by atoms with Crippen molar-refractivity contribution in [3.63, 3.8) is 0 Å². The van der Waals surface area contributed by atoms with Crippen molar-refractivity contribution in [1.82, 2.24) is 5.32 Å². The van der Waals surface area contributed by atoms with Crippen LogP contribution < -0.4 is 5.32 Å². The van der Waals surface area contributed by atoms with Crippen LogP contribution in [-0.4, -0.2) is 22.5 Å². The van der Waals surface area contributed by atoms with Gasteiger partial charge in [-0.05, 0) is 32.1 Å². The molecule has 0 bridgehead atoms. The molecule has 0 aromatic rings. The lowest BCUT2D eigenvalue weighted by Crippen LogP contribution is -2.41. The number of allylic oxidation sites excluding steroid dienone is 4. The van der Waals surface area contributed by atoms with Crippen LogP contribution in [0.5, 0.6) is 0 Å². The van der Waals surface area contributed by atoms with Crippen LogP contribution in [0.3, 0.4) is 0 Å². The van der Waals surface area contributed by atoms with Gasteiger partial charge in [-0.25, -0.2) is 0 Å². The largest absolute Gasteiger partial charge is 0.505 e. The van der Waals surface area contributed by atoms with Crippen molar-refractivity contribution in [2.45, 2.75) is 129 Å². The fraction of sp³-hybridized carbons (Fsp3) is 0.700. The number of Topliss-reactive ketones (excluding diaryl/α,β-unsaturated/α-hetero) is 3. The highest BCUT2D eigenvalue weighted by atomic mass is 16.3. The zero-order valence-electron chi connectivity index (χ0n) is 22.0. The average molecular weight is 484 g/mol. The quantitative estimate of drug-likeness (QED) is 0.145. The van der Waals surface area contributed by atoms with Gasteiger partial charge in [-0.2, -0.15) is 0 Å². The number of ketones is 3. The monoisotopic (exact) mass is 483 g/mol. The van der Waals surface area contributed by atoms with Gasteiger partial charge in [0.15, 0.2) is 5.78 Å². The van der Waals surface area contributed by atoms with Gasteiger partial charge in [-0.15, -0.1) is 0 Å². The minimum atomic E-state index is -0.575. The molecule has 2 aliphatic carbocycles. The summed E-state index contributed by atoms with van der Waals surface area (Å²) in [5.41, 5.74) is 2.50. The maximum absolute atomic E-state index is 13.3. The molecule has 0 aromatic carbocycles. The normalized spacial score (nSPS) is 20.4. The van der Waals surface area contributed by atoms with E-state index in [0.29, 0.717) is 36.1 Å². The van der Waals surface area contributed by atoms with Gasteiger partial charge in [0.2, 0.25) is 11.6 Å². The van der Waals surface area contributed by atoms with Gasteiger partial charge in [0.05, 0.1) is 5.70 Å². The van der Waals surface area contributed by atoms with Crippen LogP contribution in [-0.2, 0) is 14.4 Å². The number of hydrogen-bond acceptors (Lipinski definition) is 5. The standard InChI is InChI=1S/C30H45NO4/c1-3-5-7-9-10-11-12-13-15-18-22-28(33)27-26(30(35)29(22)34)21(17-14-8-6-4-2)25-23(31-27)19-16-20-24(25)32/h21,31,33H,3-20H2,1-2H3. The number of hydrogen-bond donors (Lipinski definition) is 2. The van der Waals surface area contributed by atoms with Gasteiger partial charge in [0.25, 0.3) is 0 Å². The highest BCUT2D eigenvalue weighted by Gasteiger charge is 2.44. The lowest BCUT2D eigenvalue weighted by atomic mass is 9.72. The molecule has 0 fully saturated rings. The van der Waals surface area contributed by atoms with Crippen molar-refractivity contribution in [2.75, 3.05) is 0 Å². The molecule has 3 aliphatic rings. The Morgan fingerprint density at radius 1 is 0.743 bits per heavy atom. The van der Waals surface area contributed by atoms with E-state index in [4.69, 9.17) is 0 Å². The number of aliphatic hydroxyl groups is 1. The van der Waals surface area contributed by atoms with E-state index in [-0.39, 0.29) is 23.0 Å². The summed E-state index contributed by atoms with van der Waals surface area (Å²) in [5.74, 6) is -1.46. The van der Waals surface area contributed by atoms with E-state index in [9.17, 15) is 19.5 Å². The van der Waals surface area contributed by atoms with Crippen LogP contribution >= 0.6 is 0 Å². The fourth-order valence-corrected chi connectivity index (χ4v) is 5.82. The smallest absolute Gasteiger partial charge is 0.233 e. The third-order valence-electron chi connectivity index (χ3n) is 7.82. The summed E-state index contributed by atoms with van der Waals surface area (Å²) < 4.78 is 0. The van der Waals surface area contributed by atoms with E-state index in [1.807, 2.05) is 0 Å². The summed E-state index contributed by atoms with van der Waals surface area (Å²) in [7, 11) is 0. The predicted molar refractivity (Wildman–Crippen MR) is 140 cm³/mol. The Morgan fingerprint density at radius 2 is 1.34 bits per heavy atom. The first kappa shape index (κ1) is 27.4. The van der Waals surface area contributed by atoms with Crippen molar-refractivity contribution in [3.05, 3.63) is 33.9 Å². The molecule has 194 valence electrons. The second-order valence-corrected chi connectivity index (χ2v) is 10.5. The summed E-state index contributed by atoms with van der Waals surface area (Å²) in [6, 6.07) is 0. The highest BCUT2D eigenvalue weighted by molar-refractivity contribution is 6.50. The molecule has 1 heterocycles. The Hall–Kier alpha value is -2.17. The molecule has 35 heavy (non-hydrogen) atoms. The molecule has 5 heteroatoms. The molecule has 5 nitrogen and oxygen atoms in total. The van der Waals surface area contributed by atoms with Crippen molar-refractivity contribution in [2.24, 2.45) is 5.92 Å². The maximum Gasteiger partial charge on any atom is 0.233 e. The summed E-state index contributed by atoms with van der Waals surface area (Å²) in [6.45, 7) is 4.37.